The second-order valence-corrected chi connectivity index (χ2v) is 9.64. The first kappa shape index (κ1) is 20.8. The fourth-order valence-corrected chi connectivity index (χ4v) is 5.20. The summed E-state index contributed by atoms with van der Waals surface area (Å²) in [6.07, 6.45) is 1.11. The zero-order valence-corrected chi connectivity index (χ0v) is 17.5. The number of carbonyl (C=O) groups is 1. The Morgan fingerprint density at radius 3 is 2.25 bits per heavy atom. The van der Waals surface area contributed by atoms with Crippen molar-refractivity contribution in [2.24, 2.45) is 5.92 Å². The molecule has 3 rings (SSSR count). The van der Waals surface area contributed by atoms with Gasteiger partial charge in [0.15, 0.2) is 0 Å². The van der Waals surface area contributed by atoms with Crippen LogP contribution in [-0.4, -0.2) is 43.7 Å². The van der Waals surface area contributed by atoms with Gasteiger partial charge in [0.2, 0.25) is 15.9 Å². The zero-order chi connectivity index (χ0) is 20.1. The molecule has 1 heterocycles. The Balaban J connectivity index is 1.54. The molecule has 0 radical (unpaired) electrons. The van der Waals surface area contributed by atoms with Crippen LogP contribution in [0.2, 0.25) is 5.02 Å². The zero-order valence-electron chi connectivity index (χ0n) is 15.9. The van der Waals surface area contributed by atoms with Crippen LogP contribution in [-0.2, 0) is 27.1 Å². The Bertz CT molecular complexity index is 893. The lowest BCUT2D eigenvalue weighted by Crippen LogP contribution is -2.43. The van der Waals surface area contributed by atoms with E-state index in [4.69, 9.17) is 11.6 Å². The quantitative estimate of drug-likeness (QED) is 0.718. The molecule has 150 valence electrons. The Kier molecular flexibility index (Phi) is 6.75. The van der Waals surface area contributed by atoms with Gasteiger partial charge in [0.25, 0.3) is 0 Å². The molecule has 0 N–H and O–H groups in total. The Labute approximate surface area is 172 Å². The van der Waals surface area contributed by atoms with Crippen molar-refractivity contribution in [2.75, 3.05) is 20.1 Å². The maximum Gasteiger partial charge on any atom is 0.225 e. The van der Waals surface area contributed by atoms with Crippen LogP contribution in [0.15, 0.2) is 54.6 Å². The molecule has 0 atom stereocenters. The van der Waals surface area contributed by atoms with Crippen LogP contribution in [0, 0.1) is 5.92 Å². The maximum atomic E-state index is 12.7. The van der Waals surface area contributed by atoms with Gasteiger partial charge >= 0.3 is 0 Å². The van der Waals surface area contributed by atoms with Crippen LogP contribution in [0.1, 0.15) is 24.0 Å². The number of amides is 1. The van der Waals surface area contributed by atoms with E-state index in [9.17, 15) is 13.2 Å². The van der Waals surface area contributed by atoms with Crippen molar-refractivity contribution in [1.29, 1.82) is 0 Å². The maximum absolute atomic E-state index is 12.7. The minimum absolute atomic E-state index is 0.0449. The fraction of sp³-hybridized carbons (Fsp3) is 0.381. The summed E-state index contributed by atoms with van der Waals surface area (Å²) in [4.78, 5) is 14.5. The van der Waals surface area contributed by atoms with E-state index in [1.165, 1.54) is 4.31 Å². The van der Waals surface area contributed by atoms with Crippen LogP contribution in [0.4, 0.5) is 0 Å². The van der Waals surface area contributed by atoms with Gasteiger partial charge in [-0.15, -0.1) is 0 Å². The number of carbonyl (C=O) groups excluding carboxylic acids is 1. The van der Waals surface area contributed by atoms with Gasteiger partial charge < -0.3 is 4.90 Å². The molecular formula is C21H25ClN2O3S. The first-order chi connectivity index (χ1) is 13.3. The van der Waals surface area contributed by atoms with Gasteiger partial charge in [0, 0.05) is 37.6 Å². The predicted octanol–water partition coefficient (Wildman–Crippen LogP) is 3.54. The number of hydrogen-bond donors (Lipinski definition) is 0. The molecule has 1 amide bonds. The van der Waals surface area contributed by atoms with Crippen molar-refractivity contribution in [3.05, 3.63) is 70.7 Å². The first-order valence-corrected chi connectivity index (χ1v) is 11.3. The summed E-state index contributed by atoms with van der Waals surface area (Å²) in [5.41, 5.74) is 1.80. The molecule has 1 aliphatic rings. The third kappa shape index (κ3) is 5.34. The van der Waals surface area contributed by atoms with Crippen molar-refractivity contribution in [3.63, 3.8) is 0 Å². The van der Waals surface area contributed by atoms with E-state index in [1.54, 1.807) is 36.2 Å². The highest BCUT2D eigenvalue weighted by Crippen LogP contribution is 2.24. The van der Waals surface area contributed by atoms with Crippen LogP contribution in [0.3, 0.4) is 0 Å². The van der Waals surface area contributed by atoms with E-state index < -0.39 is 10.0 Å². The van der Waals surface area contributed by atoms with E-state index in [1.807, 2.05) is 30.3 Å². The number of piperidine rings is 1. The third-order valence-electron chi connectivity index (χ3n) is 5.10. The lowest BCUT2D eigenvalue weighted by atomic mass is 9.96. The molecule has 1 aliphatic heterocycles. The first-order valence-electron chi connectivity index (χ1n) is 9.36. The molecule has 28 heavy (non-hydrogen) atoms. The van der Waals surface area contributed by atoms with E-state index >= 15 is 0 Å². The summed E-state index contributed by atoms with van der Waals surface area (Å²) >= 11 is 5.86. The molecule has 0 aromatic heterocycles. The van der Waals surface area contributed by atoms with Crippen LogP contribution in [0.5, 0.6) is 0 Å². The van der Waals surface area contributed by atoms with Crippen LogP contribution >= 0.6 is 11.6 Å². The molecule has 1 saturated heterocycles. The SMILES string of the molecule is CN(Cc1ccccc1)C(=O)C1CCN(S(=O)(=O)Cc2ccc(Cl)cc2)CC1. The molecule has 0 unspecified atom stereocenters. The summed E-state index contributed by atoms with van der Waals surface area (Å²) in [5, 5.41) is 0.583. The molecule has 2 aromatic carbocycles. The molecule has 0 spiro atoms. The number of benzene rings is 2. The fourth-order valence-electron chi connectivity index (χ4n) is 3.51. The molecule has 0 saturated carbocycles. The Morgan fingerprint density at radius 2 is 1.64 bits per heavy atom. The smallest absolute Gasteiger partial charge is 0.225 e. The summed E-state index contributed by atoms with van der Waals surface area (Å²) in [6.45, 7) is 1.33. The van der Waals surface area contributed by atoms with Gasteiger partial charge in [-0.1, -0.05) is 54.1 Å². The Morgan fingerprint density at radius 1 is 1.04 bits per heavy atom. The largest absolute Gasteiger partial charge is 0.341 e. The number of hydrogen-bond acceptors (Lipinski definition) is 3. The average molecular weight is 421 g/mol. The highest BCUT2D eigenvalue weighted by molar-refractivity contribution is 7.88. The summed E-state index contributed by atoms with van der Waals surface area (Å²) < 4.78 is 26.9. The van der Waals surface area contributed by atoms with E-state index in [0.717, 1.165) is 5.56 Å². The van der Waals surface area contributed by atoms with Crippen molar-refractivity contribution < 1.29 is 13.2 Å². The standard InChI is InChI=1S/C21H25ClN2O3S/c1-23(15-17-5-3-2-4-6-17)21(25)19-11-13-24(14-12-19)28(26,27)16-18-7-9-20(22)10-8-18/h2-10,19H,11-16H2,1H3. The van der Waals surface area contributed by atoms with Crippen molar-refractivity contribution >= 4 is 27.5 Å². The lowest BCUT2D eigenvalue weighted by Gasteiger charge is -2.32. The van der Waals surface area contributed by atoms with Gasteiger partial charge in [-0.2, -0.15) is 0 Å². The minimum atomic E-state index is -3.40. The number of nitrogens with zero attached hydrogens (tertiary/aromatic N) is 2. The Hall–Kier alpha value is -1.89. The van der Waals surface area contributed by atoms with Gasteiger partial charge in [-0.3, -0.25) is 4.79 Å². The van der Waals surface area contributed by atoms with Crippen molar-refractivity contribution in [3.8, 4) is 0 Å². The normalized spacial score (nSPS) is 16.1. The van der Waals surface area contributed by atoms with Gasteiger partial charge in [0.05, 0.1) is 5.75 Å². The van der Waals surface area contributed by atoms with E-state index in [-0.39, 0.29) is 17.6 Å². The molecule has 0 bridgehead atoms. The van der Waals surface area contributed by atoms with Gasteiger partial charge in [-0.05, 0) is 36.1 Å². The van der Waals surface area contributed by atoms with E-state index in [2.05, 4.69) is 0 Å². The van der Waals surface area contributed by atoms with E-state index in [0.29, 0.717) is 43.1 Å². The predicted molar refractivity (Wildman–Crippen MR) is 111 cm³/mol. The monoisotopic (exact) mass is 420 g/mol. The van der Waals surface area contributed by atoms with Crippen molar-refractivity contribution in [1.82, 2.24) is 9.21 Å². The molecule has 1 fully saturated rings. The van der Waals surface area contributed by atoms with Crippen LogP contribution in [0.25, 0.3) is 0 Å². The van der Waals surface area contributed by atoms with Gasteiger partial charge in [-0.25, -0.2) is 12.7 Å². The highest BCUT2D eigenvalue weighted by Gasteiger charge is 2.32. The topological polar surface area (TPSA) is 57.7 Å². The highest BCUT2D eigenvalue weighted by atomic mass is 35.5. The lowest BCUT2D eigenvalue weighted by molar-refractivity contribution is -0.135. The summed E-state index contributed by atoms with van der Waals surface area (Å²) in [6, 6.07) is 16.7. The minimum Gasteiger partial charge on any atom is -0.341 e. The number of rotatable bonds is 6. The molecule has 0 aliphatic carbocycles. The summed E-state index contributed by atoms with van der Waals surface area (Å²) in [7, 11) is -1.60. The van der Waals surface area contributed by atoms with Gasteiger partial charge in [0.1, 0.15) is 0 Å². The second kappa shape index (κ2) is 9.07. The third-order valence-corrected chi connectivity index (χ3v) is 7.20. The second-order valence-electron chi connectivity index (χ2n) is 7.24. The average Bonchev–Trinajstić information content (AvgIpc) is 2.70. The number of halogens is 1. The van der Waals surface area contributed by atoms with Crippen molar-refractivity contribution in [2.45, 2.75) is 25.1 Å². The molecule has 7 heteroatoms. The molecule has 5 nitrogen and oxygen atoms in total. The molecular weight excluding hydrogens is 396 g/mol. The summed E-state index contributed by atoms with van der Waals surface area (Å²) in [5.74, 6) is -0.0919. The van der Waals surface area contributed by atoms with Crippen LogP contribution < -0.4 is 0 Å². The number of sulfonamides is 1. The molecule has 2 aromatic rings.